The van der Waals surface area contributed by atoms with Crippen molar-refractivity contribution in [1.29, 1.82) is 0 Å². The molecule has 0 saturated carbocycles. The van der Waals surface area contributed by atoms with Crippen LogP contribution in [0, 0.1) is 11.7 Å². The zero-order valence-electron chi connectivity index (χ0n) is 11.9. The highest BCUT2D eigenvalue weighted by molar-refractivity contribution is 9.10. The van der Waals surface area contributed by atoms with Crippen LogP contribution >= 0.6 is 15.9 Å². The summed E-state index contributed by atoms with van der Waals surface area (Å²) in [4.78, 5) is 11.3. The normalized spacial score (nSPS) is 13.2. The minimum atomic E-state index is -3.89. The van der Waals surface area contributed by atoms with E-state index in [0.717, 1.165) is 16.4 Å². The number of hydrogen-bond donors (Lipinski definition) is 2. The van der Waals surface area contributed by atoms with Gasteiger partial charge in [-0.05, 0) is 28.1 Å². The monoisotopic (exact) mass is 381 g/mol. The maximum atomic E-state index is 13.3. The number of nitrogens with two attached hydrogens (primary N) is 1. The molecule has 6 nitrogen and oxygen atoms in total. The molecule has 1 aromatic rings. The van der Waals surface area contributed by atoms with E-state index in [2.05, 4.69) is 21.2 Å². The lowest BCUT2D eigenvalue weighted by Crippen LogP contribution is -2.37. The lowest BCUT2D eigenvalue weighted by Gasteiger charge is -2.21. The predicted octanol–water partition coefficient (Wildman–Crippen LogP) is 1.17. The number of nitrogens with zero attached hydrogens (tertiary/aromatic N) is 1. The van der Waals surface area contributed by atoms with Crippen LogP contribution in [0.3, 0.4) is 0 Å². The van der Waals surface area contributed by atoms with Gasteiger partial charge < -0.3 is 11.1 Å². The fourth-order valence-corrected chi connectivity index (χ4v) is 3.99. The SMILES string of the molecule is CNC(=O)C(C)CN(C)S(=O)(=O)c1cc(N)c(F)cc1Br. The highest BCUT2D eigenvalue weighted by atomic mass is 79.9. The van der Waals surface area contributed by atoms with Gasteiger partial charge in [-0.1, -0.05) is 6.92 Å². The number of hydrogen-bond acceptors (Lipinski definition) is 4. The van der Waals surface area contributed by atoms with E-state index < -0.39 is 21.8 Å². The van der Waals surface area contributed by atoms with Crippen LogP contribution in [0.5, 0.6) is 0 Å². The van der Waals surface area contributed by atoms with Crippen LogP contribution in [-0.2, 0) is 14.8 Å². The Morgan fingerprint density at radius 1 is 1.52 bits per heavy atom. The molecule has 0 aliphatic heterocycles. The van der Waals surface area contributed by atoms with Crippen molar-refractivity contribution in [3.63, 3.8) is 0 Å². The summed E-state index contributed by atoms with van der Waals surface area (Å²) < 4.78 is 39.3. The van der Waals surface area contributed by atoms with Crippen LogP contribution in [0.2, 0.25) is 0 Å². The van der Waals surface area contributed by atoms with E-state index >= 15 is 0 Å². The molecule has 1 unspecified atom stereocenters. The minimum absolute atomic E-state index is 0.00821. The first-order valence-electron chi connectivity index (χ1n) is 6.03. The molecule has 21 heavy (non-hydrogen) atoms. The van der Waals surface area contributed by atoms with Gasteiger partial charge in [0.25, 0.3) is 0 Å². The summed E-state index contributed by atoms with van der Waals surface area (Å²) in [5, 5.41) is 2.45. The third-order valence-electron chi connectivity index (χ3n) is 2.96. The van der Waals surface area contributed by atoms with E-state index in [4.69, 9.17) is 5.73 Å². The van der Waals surface area contributed by atoms with Crippen molar-refractivity contribution >= 4 is 37.5 Å². The average molecular weight is 382 g/mol. The van der Waals surface area contributed by atoms with E-state index in [0.29, 0.717) is 0 Å². The fourth-order valence-electron chi connectivity index (χ4n) is 1.72. The van der Waals surface area contributed by atoms with Crippen LogP contribution < -0.4 is 11.1 Å². The zero-order chi connectivity index (χ0) is 16.4. The Bertz CT molecular complexity index is 651. The van der Waals surface area contributed by atoms with Gasteiger partial charge in [0.15, 0.2) is 0 Å². The topological polar surface area (TPSA) is 92.5 Å². The molecule has 1 rings (SSSR count). The van der Waals surface area contributed by atoms with Gasteiger partial charge in [-0.25, -0.2) is 17.1 Å². The van der Waals surface area contributed by atoms with E-state index in [1.807, 2.05) is 0 Å². The van der Waals surface area contributed by atoms with Gasteiger partial charge in [-0.3, -0.25) is 4.79 Å². The largest absolute Gasteiger partial charge is 0.396 e. The smallest absolute Gasteiger partial charge is 0.244 e. The molecule has 0 aliphatic carbocycles. The van der Waals surface area contributed by atoms with E-state index in [1.54, 1.807) is 6.92 Å². The number of halogens is 2. The second-order valence-electron chi connectivity index (χ2n) is 4.60. The molecule has 3 N–H and O–H groups in total. The molecule has 9 heteroatoms. The van der Waals surface area contributed by atoms with Crippen molar-refractivity contribution in [2.24, 2.45) is 5.92 Å². The molecule has 0 saturated heterocycles. The highest BCUT2D eigenvalue weighted by Crippen LogP contribution is 2.28. The Balaban J connectivity index is 3.11. The molecule has 0 aromatic heterocycles. The van der Waals surface area contributed by atoms with Crippen molar-refractivity contribution < 1.29 is 17.6 Å². The highest BCUT2D eigenvalue weighted by Gasteiger charge is 2.27. The summed E-state index contributed by atoms with van der Waals surface area (Å²) in [5.74, 6) is -1.50. The van der Waals surface area contributed by atoms with Gasteiger partial charge in [-0.15, -0.1) is 0 Å². The number of rotatable bonds is 5. The number of nitrogens with one attached hydrogen (secondary N) is 1. The Kier molecular flexibility index (Phi) is 5.71. The van der Waals surface area contributed by atoms with Crippen molar-refractivity contribution in [2.75, 3.05) is 26.4 Å². The molecule has 118 valence electrons. The lowest BCUT2D eigenvalue weighted by molar-refractivity contribution is -0.124. The van der Waals surface area contributed by atoms with E-state index in [9.17, 15) is 17.6 Å². The zero-order valence-corrected chi connectivity index (χ0v) is 14.3. The summed E-state index contributed by atoms with van der Waals surface area (Å²) in [7, 11) is -1.06. The quantitative estimate of drug-likeness (QED) is 0.748. The van der Waals surface area contributed by atoms with E-state index in [-0.39, 0.29) is 27.5 Å². The third-order valence-corrected chi connectivity index (χ3v) is 5.75. The van der Waals surface area contributed by atoms with Gasteiger partial charge in [-0.2, -0.15) is 0 Å². The van der Waals surface area contributed by atoms with Crippen LogP contribution in [-0.4, -0.2) is 39.3 Å². The number of anilines is 1. The number of benzene rings is 1. The first kappa shape index (κ1) is 17.9. The minimum Gasteiger partial charge on any atom is -0.396 e. The maximum Gasteiger partial charge on any atom is 0.244 e. The van der Waals surface area contributed by atoms with Gasteiger partial charge in [0.2, 0.25) is 15.9 Å². The lowest BCUT2D eigenvalue weighted by atomic mass is 10.2. The Hall–Kier alpha value is -1.19. The van der Waals surface area contributed by atoms with Crippen molar-refractivity contribution in [3.8, 4) is 0 Å². The molecule has 0 heterocycles. The van der Waals surface area contributed by atoms with Crippen molar-refractivity contribution in [1.82, 2.24) is 9.62 Å². The fraction of sp³-hybridized carbons (Fsp3) is 0.417. The van der Waals surface area contributed by atoms with Crippen LogP contribution in [0.1, 0.15) is 6.92 Å². The summed E-state index contributed by atoms with van der Waals surface area (Å²) in [6.45, 7) is 1.60. The van der Waals surface area contributed by atoms with Crippen LogP contribution in [0.25, 0.3) is 0 Å². The van der Waals surface area contributed by atoms with Gasteiger partial charge in [0.1, 0.15) is 5.82 Å². The van der Waals surface area contributed by atoms with Gasteiger partial charge in [0.05, 0.1) is 10.6 Å². The average Bonchev–Trinajstić information content (AvgIpc) is 2.41. The molecule has 0 aliphatic rings. The summed E-state index contributed by atoms with van der Waals surface area (Å²) in [6, 6.07) is 2.05. The maximum absolute atomic E-state index is 13.3. The second kappa shape index (κ2) is 6.71. The number of carbonyl (C=O) groups is 1. The predicted molar refractivity (Wildman–Crippen MR) is 81.6 cm³/mol. The molecular weight excluding hydrogens is 365 g/mol. The number of carbonyl (C=O) groups excluding carboxylic acids is 1. The Morgan fingerprint density at radius 2 is 2.10 bits per heavy atom. The van der Waals surface area contributed by atoms with Crippen LogP contribution in [0.15, 0.2) is 21.5 Å². The van der Waals surface area contributed by atoms with Crippen molar-refractivity contribution in [2.45, 2.75) is 11.8 Å². The number of nitrogen functional groups attached to an aromatic ring is 1. The molecular formula is C12H17BrFN3O3S. The number of sulfonamides is 1. The summed E-state index contributed by atoms with van der Waals surface area (Å²) in [6.07, 6.45) is 0. The first-order chi connectivity index (χ1) is 9.61. The van der Waals surface area contributed by atoms with Gasteiger partial charge >= 0.3 is 0 Å². The first-order valence-corrected chi connectivity index (χ1v) is 8.27. The Labute approximate surface area is 131 Å². The Morgan fingerprint density at radius 3 is 2.62 bits per heavy atom. The summed E-state index contributed by atoms with van der Waals surface area (Å²) in [5.41, 5.74) is 5.15. The van der Waals surface area contributed by atoms with Gasteiger partial charge in [0, 0.05) is 31.0 Å². The molecule has 0 bridgehead atoms. The second-order valence-corrected chi connectivity index (χ2v) is 7.47. The summed E-state index contributed by atoms with van der Waals surface area (Å²) >= 11 is 3.01. The molecule has 0 radical (unpaired) electrons. The molecule has 1 amide bonds. The molecule has 1 aromatic carbocycles. The molecule has 0 spiro atoms. The van der Waals surface area contributed by atoms with Crippen LogP contribution in [0.4, 0.5) is 10.1 Å². The molecule has 1 atom stereocenters. The van der Waals surface area contributed by atoms with Crippen molar-refractivity contribution in [3.05, 3.63) is 22.4 Å². The standard InChI is InChI=1S/C12H17BrFN3O3S/c1-7(12(18)16-2)6-17(3)21(19,20)11-5-10(15)9(14)4-8(11)13/h4-5,7H,6,15H2,1-3H3,(H,16,18). The molecule has 0 fully saturated rings. The number of amides is 1. The van der Waals surface area contributed by atoms with E-state index in [1.165, 1.54) is 14.1 Å². The third kappa shape index (κ3) is 3.92.